The summed E-state index contributed by atoms with van der Waals surface area (Å²) in [5.74, 6) is 1.32. The molecule has 0 saturated carbocycles. The molecule has 1 aromatic heterocycles. The van der Waals surface area contributed by atoms with Gasteiger partial charge in [-0.1, -0.05) is 34.3 Å². The summed E-state index contributed by atoms with van der Waals surface area (Å²) in [6, 6.07) is 1.86. The quantitative estimate of drug-likeness (QED) is 0.240. The number of fused-ring (bicyclic) bond motifs is 1. The van der Waals surface area contributed by atoms with Gasteiger partial charge in [0.05, 0.1) is 25.0 Å². The first-order valence-electron chi connectivity index (χ1n) is 11.2. The number of dihydropyridines is 1. The molecule has 0 fully saturated rings. The molecule has 0 aliphatic carbocycles. The van der Waals surface area contributed by atoms with Crippen LogP contribution < -0.4 is 5.32 Å². The Morgan fingerprint density at radius 3 is 2.47 bits per heavy atom. The number of hydrogen-bond acceptors (Lipinski definition) is 4. The van der Waals surface area contributed by atoms with E-state index in [1.165, 1.54) is 0 Å². The van der Waals surface area contributed by atoms with Gasteiger partial charge >= 0.3 is 6.18 Å². The van der Waals surface area contributed by atoms with Crippen molar-refractivity contribution in [2.45, 2.75) is 65.8 Å². The van der Waals surface area contributed by atoms with Gasteiger partial charge < -0.3 is 14.8 Å². The van der Waals surface area contributed by atoms with Gasteiger partial charge in [0.15, 0.2) is 5.88 Å². The third-order valence-electron chi connectivity index (χ3n) is 5.21. The maximum atomic E-state index is 13.0. The van der Waals surface area contributed by atoms with E-state index in [0.717, 1.165) is 36.8 Å². The van der Waals surface area contributed by atoms with Gasteiger partial charge in [-0.25, -0.2) is 0 Å². The standard InChI is InChI=1S/C22H28F3N3O2.C2H6.I2/c1-14(2)17(11-15(3)22(23,24)25)18-12-19-20(7-5-6-10-28(19)27-18)30-16-8-9-21(29-4)26-13-16;2*1-2/h8-9,11-12,14,20,26H,3,5-7,10,13H2,1-2,4H3;1-2H3;/b17-11+;;. The van der Waals surface area contributed by atoms with Crippen molar-refractivity contribution in [1.82, 2.24) is 15.1 Å². The fraction of sp³-hybridized carbons (Fsp3) is 0.542. The van der Waals surface area contributed by atoms with Crippen LogP contribution in [0.1, 0.15) is 64.4 Å². The predicted octanol–water partition coefficient (Wildman–Crippen LogP) is 8.06. The number of halogens is 5. The first-order valence-corrected chi connectivity index (χ1v) is 17.5. The zero-order valence-corrected chi connectivity index (χ0v) is 24.6. The third-order valence-corrected chi connectivity index (χ3v) is 5.21. The number of aryl methyl sites for hydroxylation is 1. The molecule has 0 spiro atoms. The van der Waals surface area contributed by atoms with Crippen molar-refractivity contribution in [3.05, 3.63) is 59.5 Å². The molecule has 3 rings (SSSR count). The van der Waals surface area contributed by atoms with Gasteiger partial charge in [-0.3, -0.25) is 4.68 Å². The number of methoxy groups -OCH3 is 1. The highest BCUT2D eigenvalue weighted by molar-refractivity contribution is 15.0. The molecule has 0 aromatic carbocycles. The molecule has 2 aliphatic rings. The van der Waals surface area contributed by atoms with Crippen molar-refractivity contribution in [3.63, 3.8) is 0 Å². The predicted molar refractivity (Wildman–Crippen MR) is 148 cm³/mol. The molecule has 0 bridgehead atoms. The molecule has 1 N–H and O–H groups in total. The number of alkyl halides is 3. The van der Waals surface area contributed by atoms with Crippen molar-refractivity contribution in [2.24, 2.45) is 5.92 Å². The molecule has 192 valence electrons. The summed E-state index contributed by atoms with van der Waals surface area (Å²) in [4.78, 5) is 0. The lowest BCUT2D eigenvalue weighted by Crippen LogP contribution is -2.23. The second kappa shape index (κ2) is 15.0. The number of allylic oxidation sites excluding steroid dienone is 5. The lowest BCUT2D eigenvalue weighted by Gasteiger charge is -2.22. The van der Waals surface area contributed by atoms with Crippen LogP contribution in [0.5, 0.6) is 0 Å². The molecule has 0 radical (unpaired) electrons. The Kier molecular flexibility index (Phi) is 13.7. The monoisotopic (exact) mass is 707 g/mol. The van der Waals surface area contributed by atoms with E-state index in [9.17, 15) is 13.2 Å². The van der Waals surface area contributed by atoms with E-state index < -0.39 is 11.7 Å². The lowest BCUT2D eigenvalue weighted by atomic mass is 9.97. The van der Waals surface area contributed by atoms with E-state index in [0.29, 0.717) is 30.2 Å². The molecule has 0 amide bonds. The average Bonchev–Trinajstić information content (AvgIpc) is 3.16. The molecular formula is C24H34F3I2N3O2. The fourth-order valence-electron chi connectivity index (χ4n) is 3.54. The minimum absolute atomic E-state index is 0.134. The summed E-state index contributed by atoms with van der Waals surface area (Å²) in [6.45, 7) is 12.1. The molecule has 5 nitrogen and oxygen atoms in total. The number of hydrogen-bond donors (Lipinski definition) is 1. The smallest absolute Gasteiger partial charge is 0.415 e. The van der Waals surface area contributed by atoms with Crippen LogP contribution in [0.2, 0.25) is 0 Å². The molecule has 10 heteroatoms. The fourth-order valence-corrected chi connectivity index (χ4v) is 3.54. The number of nitrogens with zero attached hydrogens (tertiary/aromatic N) is 2. The molecule has 0 saturated heterocycles. The second-order valence-corrected chi connectivity index (χ2v) is 7.78. The van der Waals surface area contributed by atoms with Gasteiger partial charge in [-0.2, -0.15) is 18.3 Å². The first kappa shape index (κ1) is 30.9. The van der Waals surface area contributed by atoms with Gasteiger partial charge in [0.1, 0.15) is 11.9 Å². The second-order valence-electron chi connectivity index (χ2n) is 7.78. The maximum absolute atomic E-state index is 13.0. The van der Waals surface area contributed by atoms with Crippen LogP contribution in [-0.4, -0.2) is 29.6 Å². The van der Waals surface area contributed by atoms with Crippen molar-refractivity contribution in [3.8, 4) is 0 Å². The summed E-state index contributed by atoms with van der Waals surface area (Å²) in [5, 5.41) is 7.75. The molecule has 3 heterocycles. The summed E-state index contributed by atoms with van der Waals surface area (Å²) in [7, 11) is 1.59. The van der Waals surface area contributed by atoms with Crippen molar-refractivity contribution < 1.29 is 22.6 Å². The Labute approximate surface area is 224 Å². The van der Waals surface area contributed by atoms with Crippen LogP contribution in [-0.2, 0) is 16.0 Å². The molecule has 1 atom stereocenters. The van der Waals surface area contributed by atoms with Crippen molar-refractivity contribution in [2.75, 3.05) is 13.7 Å². The lowest BCUT2D eigenvalue weighted by molar-refractivity contribution is -0.0877. The number of rotatable bonds is 6. The van der Waals surface area contributed by atoms with E-state index in [-0.39, 0.29) is 12.0 Å². The SMILES string of the molecule is C=C(/C=C(/c1cc2n(n1)CCCCC2OC1=CC=C(OC)NC1)C(C)C)C(F)(F)F.CC.II. The Balaban J connectivity index is 0.00000137. The highest BCUT2D eigenvalue weighted by atomic mass is 128. The van der Waals surface area contributed by atoms with E-state index in [4.69, 9.17) is 9.47 Å². The minimum Gasteiger partial charge on any atom is -0.487 e. The zero-order valence-electron chi connectivity index (χ0n) is 20.3. The number of ether oxygens (including phenoxy) is 2. The normalized spacial score (nSPS) is 18.0. The van der Waals surface area contributed by atoms with Gasteiger partial charge in [0.25, 0.3) is 0 Å². The summed E-state index contributed by atoms with van der Waals surface area (Å²) in [6.07, 6.45) is 2.86. The van der Waals surface area contributed by atoms with Crippen LogP contribution in [0, 0.1) is 5.92 Å². The van der Waals surface area contributed by atoms with Gasteiger partial charge in [-0.15, -0.1) is 0 Å². The van der Waals surface area contributed by atoms with Crippen LogP contribution in [0.25, 0.3) is 5.57 Å². The summed E-state index contributed by atoms with van der Waals surface area (Å²) in [5.41, 5.74) is 1.07. The molecular weight excluding hydrogens is 673 g/mol. The highest BCUT2D eigenvalue weighted by Crippen LogP contribution is 2.35. The van der Waals surface area contributed by atoms with Gasteiger partial charge in [0.2, 0.25) is 0 Å². The number of aromatic nitrogens is 2. The topological polar surface area (TPSA) is 48.3 Å². The van der Waals surface area contributed by atoms with Crippen molar-refractivity contribution >= 4 is 42.8 Å². The van der Waals surface area contributed by atoms with Crippen LogP contribution in [0.4, 0.5) is 13.2 Å². The Morgan fingerprint density at radius 2 is 1.94 bits per heavy atom. The summed E-state index contributed by atoms with van der Waals surface area (Å²) >= 11 is 4.24. The van der Waals surface area contributed by atoms with E-state index >= 15 is 0 Å². The van der Waals surface area contributed by atoms with Crippen LogP contribution in [0.3, 0.4) is 0 Å². The Hall–Kier alpha value is -1.18. The maximum Gasteiger partial charge on any atom is 0.415 e. The Bertz CT molecular complexity index is 891. The van der Waals surface area contributed by atoms with E-state index in [1.54, 1.807) is 13.2 Å². The summed E-state index contributed by atoms with van der Waals surface area (Å²) < 4.78 is 52.4. The zero-order chi connectivity index (χ0) is 25.9. The van der Waals surface area contributed by atoms with E-state index in [2.05, 4.69) is 54.2 Å². The molecule has 1 unspecified atom stereocenters. The minimum atomic E-state index is -4.46. The molecule has 34 heavy (non-hydrogen) atoms. The van der Waals surface area contributed by atoms with Crippen LogP contribution in [0.15, 0.2) is 48.1 Å². The Morgan fingerprint density at radius 1 is 1.26 bits per heavy atom. The third kappa shape index (κ3) is 8.80. The highest BCUT2D eigenvalue weighted by Gasteiger charge is 2.32. The first-order chi connectivity index (χ1) is 16.2. The average molecular weight is 707 g/mol. The van der Waals surface area contributed by atoms with Gasteiger partial charge in [-0.05, 0) is 49.0 Å². The molecule has 2 aliphatic heterocycles. The van der Waals surface area contributed by atoms with Crippen molar-refractivity contribution in [1.29, 1.82) is 0 Å². The number of nitrogens with one attached hydrogen (secondary N) is 1. The molecule has 1 aromatic rings. The van der Waals surface area contributed by atoms with Crippen LogP contribution >= 0.6 is 37.2 Å². The van der Waals surface area contributed by atoms with Gasteiger partial charge in [0, 0.05) is 55.4 Å². The van der Waals surface area contributed by atoms with E-state index in [1.807, 2.05) is 44.5 Å². The largest absolute Gasteiger partial charge is 0.487 e.